The highest BCUT2D eigenvalue weighted by Crippen LogP contribution is 2.13. The van der Waals surface area contributed by atoms with Crippen LogP contribution in [0.2, 0.25) is 0 Å². The summed E-state index contributed by atoms with van der Waals surface area (Å²) in [5.74, 6) is -1.80. The fourth-order valence-electron chi connectivity index (χ4n) is 5.79. The van der Waals surface area contributed by atoms with E-state index in [-0.39, 0.29) is 49.1 Å². The Morgan fingerprint density at radius 2 is 1.06 bits per heavy atom. The van der Waals surface area contributed by atoms with E-state index in [2.05, 4.69) is 50.3 Å². The van der Waals surface area contributed by atoms with Crippen molar-refractivity contribution in [1.29, 1.82) is 0 Å². The Labute approximate surface area is 313 Å². The number of aliphatic carboxylic acids is 1. The van der Waals surface area contributed by atoms with Crippen molar-refractivity contribution in [1.82, 2.24) is 0 Å². The number of nitrogens with zero attached hydrogens (tertiary/aromatic N) is 1. The molecular weight excluding hydrogens is 642 g/mol. The summed E-state index contributed by atoms with van der Waals surface area (Å²) in [6, 6.07) is -0.731. The molecule has 0 aliphatic heterocycles. The smallest absolute Gasteiger partial charge is 0.306 e. The average Bonchev–Trinajstić information content (AvgIpc) is 3.08. The van der Waals surface area contributed by atoms with Crippen molar-refractivity contribution in [2.24, 2.45) is 0 Å². The summed E-state index contributed by atoms with van der Waals surface area (Å²) < 4.78 is 17.0. The lowest BCUT2D eigenvalue weighted by Gasteiger charge is -2.34. The molecule has 0 aromatic rings. The second-order valence-corrected chi connectivity index (χ2v) is 14.9. The first-order valence-corrected chi connectivity index (χ1v) is 20.5. The molecular formula is C43H77NO7. The van der Waals surface area contributed by atoms with Gasteiger partial charge in [0.05, 0.1) is 40.3 Å². The van der Waals surface area contributed by atoms with E-state index in [1.807, 2.05) is 0 Å². The second kappa shape index (κ2) is 34.6. The maximum atomic E-state index is 12.6. The maximum absolute atomic E-state index is 12.6. The predicted octanol–water partition coefficient (Wildman–Crippen LogP) is 9.35. The molecule has 0 spiro atoms. The monoisotopic (exact) mass is 720 g/mol. The van der Waals surface area contributed by atoms with E-state index in [9.17, 15) is 19.5 Å². The van der Waals surface area contributed by atoms with Gasteiger partial charge in [0.2, 0.25) is 0 Å². The number of ether oxygens (including phenoxy) is 3. The molecule has 0 aliphatic carbocycles. The van der Waals surface area contributed by atoms with Crippen molar-refractivity contribution < 1.29 is 38.2 Å². The van der Waals surface area contributed by atoms with Gasteiger partial charge in [0.25, 0.3) is 0 Å². The van der Waals surface area contributed by atoms with Gasteiger partial charge in [-0.05, 0) is 44.9 Å². The largest absolute Gasteiger partial charge is 0.544 e. The van der Waals surface area contributed by atoms with E-state index in [0.717, 1.165) is 38.5 Å². The highest BCUT2D eigenvalue weighted by atomic mass is 16.6. The van der Waals surface area contributed by atoms with Gasteiger partial charge in [0.15, 0.2) is 6.10 Å². The Balaban J connectivity index is 4.47. The number of esters is 2. The molecule has 0 aliphatic rings. The van der Waals surface area contributed by atoms with Gasteiger partial charge in [-0.3, -0.25) is 9.59 Å². The van der Waals surface area contributed by atoms with Crippen LogP contribution < -0.4 is 5.11 Å². The van der Waals surface area contributed by atoms with Crippen molar-refractivity contribution in [2.45, 2.75) is 180 Å². The maximum Gasteiger partial charge on any atom is 0.306 e. The van der Waals surface area contributed by atoms with Crippen LogP contribution in [0.25, 0.3) is 0 Å². The van der Waals surface area contributed by atoms with Crippen LogP contribution in [0, 0.1) is 0 Å². The Morgan fingerprint density at radius 1 is 0.588 bits per heavy atom. The number of hydrogen-bond acceptors (Lipinski definition) is 7. The molecule has 0 aromatic heterocycles. The van der Waals surface area contributed by atoms with Gasteiger partial charge in [-0.2, -0.15) is 0 Å². The Morgan fingerprint density at radius 3 is 1.59 bits per heavy atom. The predicted molar refractivity (Wildman–Crippen MR) is 208 cm³/mol. The van der Waals surface area contributed by atoms with Crippen molar-refractivity contribution in [2.75, 3.05) is 41.0 Å². The summed E-state index contributed by atoms with van der Waals surface area (Å²) in [4.78, 5) is 36.6. The van der Waals surface area contributed by atoms with Gasteiger partial charge in [0.1, 0.15) is 12.6 Å². The first-order valence-electron chi connectivity index (χ1n) is 20.5. The minimum Gasteiger partial charge on any atom is -0.544 e. The van der Waals surface area contributed by atoms with Crippen LogP contribution in [0.15, 0.2) is 36.5 Å². The van der Waals surface area contributed by atoms with E-state index < -0.39 is 18.1 Å². The van der Waals surface area contributed by atoms with E-state index in [1.54, 1.807) is 21.1 Å². The number of quaternary nitrogens is 1. The SMILES string of the molecule is CCCCCCCC/C=C/C/C=C/C/C=C/CCCC(=O)OC(COCCC(C(=O)[O-])[N+](C)(C)C)COC(=O)CCCCCCCCCCCC. The van der Waals surface area contributed by atoms with Gasteiger partial charge in [-0.25, -0.2) is 0 Å². The highest BCUT2D eigenvalue weighted by molar-refractivity contribution is 5.70. The normalized spacial score (nSPS) is 13.4. The lowest BCUT2D eigenvalue weighted by Crippen LogP contribution is -2.55. The first-order chi connectivity index (χ1) is 24.6. The number of carboxylic acid groups (broad SMARTS) is 1. The standard InChI is InChI=1S/C43H77NO7/c1-6-8-10-12-14-16-18-19-20-21-22-23-24-26-28-30-32-34-42(46)51-39(37-49-36-35-40(43(47)48)44(3,4)5)38-50-41(45)33-31-29-27-25-17-15-13-11-9-7-2/h19-20,22-23,26,28,39-40H,6-18,21,24-25,27,29-38H2,1-5H3/b20-19+,23-22+,28-26+. The van der Waals surface area contributed by atoms with Crippen LogP contribution in [0.1, 0.15) is 168 Å². The second-order valence-electron chi connectivity index (χ2n) is 14.9. The lowest BCUT2D eigenvalue weighted by atomic mass is 10.1. The molecule has 8 heteroatoms. The molecule has 0 heterocycles. The minimum absolute atomic E-state index is 0.0225. The number of carboxylic acids is 1. The van der Waals surface area contributed by atoms with Crippen molar-refractivity contribution in [3.05, 3.63) is 36.5 Å². The van der Waals surface area contributed by atoms with Crippen LogP contribution in [-0.2, 0) is 28.6 Å². The zero-order chi connectivity index (χ0) is 37.8. The summed E-state index contributed by atoms with van der Waals surface area (Å²) in [7, 11) is 5.38. The van der Waals surface area contributed by atoms with Gasteiger partial charge in [-0.15, -0.1) is 0 Å². The molecule has 296 valence electrons. The van der Waals surface area contributed by atoms with Gasteiger partial charge < -0.3 is 28.6 Å². The van der Waals surface area contributed by atoms with Gasteiger partial charge in [-0.1, -0.05) is 140 Å². The minimum atomic E-state index is -1.13. The van der Waals surface area contributed by atoms with Crippen LogP contribution in [0.5, 0.6) is 0 Å². The molecule has 0 N–H and O–H groups in total. The fourth-order valence-corrected chi connectivity index (χ4v) is 5.79. The number of allylic oxidation sites excluding steroid dienone is 6. The molecule has 0 radical (unpaired) electrons. The third-order valence-electron chi connectivity index (χ3n) is 9.03. The number of carbonyl (C=O) groups is 3. The van der Waals surface area contributed by atoms with Crippen molar-refractivity contribution in [3.8, 4) is 0 Å². The Hall–Kier alpha value is -2.45. The number of likely N-dealkylation sites (N-methyl/N-ethyl adjacent to an activating group) is 1. The molecule has 0 fully saturated rings. The number of rotatable bonds is 36. The molecule has 0 rings (SSSR count). The Bertz CT molecular complexity index is 937. The van der Waals surface area contributed by atoms with Gasteiger partial charge in [0, 0.05) is 19.3 Å². The van der Waals surface area contributed by atoms with E-state index >= 15 is 0 Å². The molecule has 0 bridgehead atoms. The summed E-state index contributed by atoms with van der Waals surface area (Å²) in [6.07, 6.45) is 37.5. The molecule has 8 nitrogen and oxygen atoms in total. The third-order valence-corrected chi connectivity index (χ3v) is 9.03. The van der Waals surface area contributed by atoms with Crippen LogP contribution in [0.3, 0.4) is 0 Å². The summed E-state index contributed by atoms with van der Waals surface area (Å²) in [5.41, 5.74) is 0. The van der Waals surface area contributed by atoms with E-state index in [0.29, 0.717) is 12.8 Å². The molecule has 0 saturated heterocycles. The molecule has 0 aromatic carbocycles. The quantitative estimate of drug-likeness (QED) is 0.0275. The number of carbonyl (C=O) groups excluding carboxylic acids is 3. The van der Waals surface area contributed by atoms with Crippen LogP contribution >= 0.6 is 0 Å². The summed E-state index contributed by atoms with van der Waals surface area (Å²) in [5, 5.41) is 11.6. The average molecular weight is 720 g/mol. The van der Waals surface area contributed by atoms with Crippen LogP contribution in [0.4, 0.5) is 0 Å². The van der Waals surface area contributed by atoms with Crippen molar-refractivity contribution >= 4 is 17.9 Å². The number of hydrogen-bond donors (Lipinski definition) is 0. The van der Waals surface area contributed by atoms with E-state index in [1.165, 1.54) is 89.9 Å². The van der Waals surface area contributed by atoms with Crippen molar-refractivity contribution in [3.63, 3.8) is 0 Å². The van der Waals surface area contributed by atoms with Crippen LogP contribution in [-0.4, -0.2) is 75.5 Å². The number of unbranched alkanes of at least 4 members (excludes halogenated alkanes) is 16. The zero-order valence-corrected chi connectivity index (χ0v) is 33.5. The molecule has 51 heavy (non-hydrogen) atoms. The molecule has 0 saturated carbocycles. The first kappa shape index (κ1) is 48.5. The van der Waals surface area contributed by atoms with Gasteiger partial charge >= 0.3 is 11.9 Å². The Kier molecular flexibility index (Phi) is 33.0. The molecule has 2 atom stereocenters. The lowest BCUT2D eigenvalue weighted by molar-refractivity contribution is -0.889. The van der Waals surface area contributed by atoms with E-state index in [4.69, 9.17) is 14.2 Å². The molecule has 2 unspecified atom stereocenters. The zero-order valence-electron chi connectivity index (χ0n) is 33.5. The topological polar surface area (TPSA) is 102 Å². The highest BCUT2D eigenvalue weighted by Gasteiger charge is 2.25. The third kappa shape index (κ3) is 33.2. The summed E-state index contributed by atoms with van der Waals surface area (Å²) >= 11 is 0. The fraction of sp³-hybridized carbons (Fsp3) is 0.791. The molecule has 0 amide bonds. The summed E-state index contributed by atoms with van der Waals surface area (Å²) in [6.45, 7) is 4.58.